The van der Waals surface area contributed by atoms with E-state index in [2.05, 4.69) is 0 Å². The van der Waals surface area contributed by atoms with Crippen LogP contribution in [0, 0.1) is 12.8 Å². The number of para-hydroxylation sites is 1. The first kappa shape index (κ1) is 20.4. The van der Waals surface area contributed by atoms with E-state index in [1.54, 1.807) is 12.1 Å². The molecule has 5 nitrogen and oxygen atoms in total. The highest BCUT2D eigenvalue weighted by Gasteiger charge is 2.44. The van der Waals surface area contributed by atoms with Crippen molar-refractivity contribution < 1.29 is 19.1 Å². The van der Waals surface area contributed by atoms with Gasteiger partial charge in [0.1, 0.15) is 11.8 Å². The third-order valence-electron chi connectivity index (χ3n) is 4.54. The molecule has 28 heavy (non-hydrogen) atoms. The summed E-state index contributed by atoms with van der Waals surface area (Å²) in [7, 11) is 0. The number of esters is 1. The molecule has 0 unspecified atom stereocenters. The van der Waals surface area contributed by atoms with Crippen LogP contribution in [-0.2, 0) is 4.79 Å². The molecule has 0 N–H and O–H groups in total. The number of aryl methyl sites for hydroxylation is 1. The van der Waals surface area contributed by atoms with E-state index in [1.807, 2.05) is 32.9 Å². The molecule has 1 atom stereocenters. The van der Waals surface area contributed by atoms with Crippen LogP contribution >= 0.6 is 23.2 Å². The van der Waals surface area contributed by atoms with Gasteiger partial charge in [0.15, 0.2) is 0 Å². The highest BCUT2D eigenvalue weighted by molar-refractivity contribution is 6.43. The molecular weight excluding hydrogens is 401 g/mol. The molecule has 0 aliphatic carbocycles. The van der Waals surface area contributed by atoms with Crippen LogP contribution in [0.2, 0.25) is 10.0 Å². The molecule has 0 spiro atoms. The summed E-state index contributed by atoms with van der Waals surface area (Å²) < 4.78 is 5.53. The molecule has 0 saturated carbocycles. The van der Waals surface area contributed by atoms with Crippen LogP contribution in [0.5, 0.6) is 5.75 Å². The lowest BCUT2D eigenvalue weighted by molar-refractivity contribution is -0.139. The topological polar surface area (TPSA) is 63.7 Å². The van der Waals surface area contributed by atoms with E-state index < -0.39 is 23.8 Å². The van der Waals surface area contributed by atoms with Gasteiger partial charge in [0, 0.05) is 0 Å². The normalized spacial score (nSPS) is 14.4. The highest BCUT2D eigenvalue weighted by Crippen LogP contribution is 2.33. The fourth-order valence-corrected chi connectivity index (χ4v) is 3.46. The van der Waals surface area contributed by atoms with Crippen LogP contribution in [0.1, 0.15) is 46.5 Å². The van der Waals surface area contributed by atoms with E-state index >= 15 is 0 Å². The van der Waals surface area contributed by atoms with Crippen molar-refractivity contribution in [2.45, 2.75) is 33.2 Å². The number of nitrogens with zero attached hydrogens (tertiary/aromatic N) is 1. The Kier molecular flexibility index (Phi) is 5.77. The van der Waals surface area contributed by atoms with Crippen molar-refractivity contribution in [1.82, 2.24) is 4.90 Å². The summed E-state index contributed by atoms with van der Waals surface area (Å²) >= 11 is 12.0. The highest BCUT2D eigenvalue weighted by atomic mass is 35.5. The van der Waals surface area contributed by atoms with Crippen molar-refractivity contribution in [1.29, 1.82) is 0 Å². The molecule has 0 radical (unpaired) electrons. The number of rotatable bonds is 5. The number of carbonyl (C=O) groups excluding carboxylic acids is 3. The molecule has 0 bridgehead atoms. The molecule has 1 aliphatic heterocycles. The van der Waals surface area contributed by atoms with Crippen LogP contribution in [0.15, 0.2) is 36.4 Å². The van der Waals surface area contributed by atoms with Gasteiger partial charge in [0.2, 0.25) is 0 Å². The largest absolute Gasteiger partial charge is 0.425 e. The average molecular weight is 420 g/mol. The summed E-state index contributed by atoms with van der Waals surface area (Å²) in [5.41, 5.74) is 1.05. The molecule has 0 fully saturated rings. The minimum absolute atomic E-state index is 0.0471. The standard InChI is InChI=1S/C21H19Cl2NO4/c1-11(2)8-17(21(27)28-18-7-5-4-6-12(18)3)24-19(25)13-9-15(22)16(23)10-14(13)20(24)26/h4-7,9-11,17H,8H2,1-3H3/t17-/m1/s1. The van der Waals surface area contributed by atoms with Gasteiger partial charge in [-0.05, 0) is 43.0 Å². The SMILES string of the molecule is Cc1ccccc1OC(=O)[C@@H](CC(C)C)N1C(=O)c2cc(Cl)c(Cl)cc2C1=O. The maximum absolute atomic E-state index is 12.9. The lowest BCUT2D eigenvalue weighted by atomic mass is 10.0. The predicted octanol–water partition coefficient (Wildman–Crippen LogP) is 4.92. The minimum atomic E-state index is -1.05. The number of amides is 2. The lowest BCUT2D eigenvalue weighted by Gasteiger charge is -2.26. The van der Waals surface area contributed by atoms with E-state index in [0.29, 0.717) is 5.75 Å². The van der Waals surface area contributed by atoms with Crippen LogP contribution in [0.25, 0.3) is 0 Å². The Morgan fingerprint density at radius 3 is 2.07 bits per heavy atom. The summed E-state index contributed by atoms with van der Waals surface area (Å²) in [4.78, 5) is 39.7. The Hall–Kier alpha value is -2.37. The van der Waals surface area contributed by atoms with Gasteiger partial charge < -0.3 is 4.74 Å². The number of benzene rings is 2. The van der Waals surface area contributed by atoms with Crippen LogP contribution in [0.3, 0.4) is 0 Å². The molecule has 146 valence electrons. The van der Waals surface area contributed by atoms with Crippen molar-refractivity contribution >= 4 is 41.0 Å². The fourth-order valence-electron chi connectivity index (χ4n) is 3.14. The molecule has 0 aromatic heterocycles. The van der Waals surface area contributed by atoms with Gasteiger partial charge in [-0.15, -0.1) is 0 Å². The zero-order chi connectivity index (χ0) is 20.6. The molecule has 3 rings (SSSR count). The molecule has 0 saturated heterocycles. The number of carbonyl (C=O) groups is 3. The fraction of sp³-hybridized carbons (Fsp3) is 0.286. The van der Waals surface area contributed by atoms with E-state index in [0.717, 1.165) is 10.5 Å². The number of ether oxygens (including phenoxy) is 1. The molecule has 2 aromatic carbocycles. The second kappa shape index (κ2) is 7.94. The third kappa shape index (κ3) is 3.77. The lowest BCUT2D eigenvalue weighted by Crippen LogP contribution is -2.47. The van der Waals surface area contributed by atoms with E-state index in [9.17, 15) is 14.4 Å². The van der Waals surface area contributed by atoms with E-state index in [1.165, 1.54) is 12.1 Å². The first-order valence-electron chi connectivity index (χ1n) is 8.85. The third-order valence-corrected chi connectivity index (χ3v) is 5.26. The zero-order valence-electron chi connectivity index (χ0n) is 15.7. The molecule has 1 aliphatic rings. The Labute approximate surface area is 173 Å². The van der Waals surface area contributed by atoms with Gasteiger partial charge in [-0.1, -0.05) is 55.2 Å². The van der Waals surface area contributed by atoms with Crippen LogP contribution < -0.4 is 4.74 Å². The summed E-state index contributed by atoms with van der Waals surface area (Å²) in [6, 6.07) is 8.73. The van der Waals surface area contributed by atoms with Gasteiger partial charge in [0.25, 0.3) is 11.8 Å². The number of imide groups is 1. The summed E-state index contributed by atoms with van der Waals surface area (Å²) in [6.07, 6.45) is 0.275. The Morgan fingerprint density at radius 1 is 1.04 bits per heavy atom. The Bertz CT molecular complexity index is 930. The second-order valence-corrected chi connectivity index (χ2v) is 7.94. The van der Waals surface area contributed by atoms with Crippen molar-refractivity contribution in [2.75, 3.05) is 0 Å². The minimum Gasteiger partial charge on any atom is -0.425 e. The van der Waals surface area contributed by atoms with Crippen molar-refractivity contribution in [2.24, 2.45) is 5.92 Å². The van der Waals surface area contributed by atoms with Gasteiger partial charge in [0.05, 0.1) is 21.2 Å². The van der Waals surface area contributed by atoms with E-state index in [4.69, 9.17) is 27.9 Å². The monoisotopic (exact) mass is 419 g/mol. The number of fused-ring (bicyclic) bond motifs is 1. The predicted molar refractivity (Wildman–Crippen MR) is 107 cm³/mol. The molecule has 2 aromatic rings. The second-order valence-electron chi connectivity index (χ2n) is 7.12. The zero-order valence-corrected chi connectivity index (χ0v) is 17.2. The first-order chi connectivity index (χ1) is 13.2. The first-order valence-corrected chi connectivity index (χ1v) is 9.60. The van der Waals surface area contributed by atoms with Crippen molar-refractivity contribution in [3.63, 3.8) is 0 Å². The average Bonchev–Trinajstić information content (AvgIpc) is 2.86. The Morgan fingerprint density at radius 2 is 1.57 bits per heavy atom. The van der Waals surface area contributed by atoms with Gasteiger partial charge >= 0.3 is 5.97 Å². The van der Waals surface area contributed by atoms with Gasteiger partial charge in [-0.25, -0.2) is 4.79 Å². The van der Waals surface area contributed by atoms with Crippen molar-refractivity contribution in [3.05, 3.63) is 63.1 Å². The van der Waals surface area contributed by atoms with Crippen LogP contribution in [-0.4, -0.2) is 28.7 Å². The maximum atomic E-state index is 12.9. The summed E-state index contributed by atoms with van der Waals surface area (Å²) in [5.74, 6) is -1.37. The van der Waals surface area contributed by atoms with Crippen molar-refractivity contribution in [3.8, 4) is 5.75 Å². The molecule has 1 heterocycles. The summed E-state index contributed by atoms with van der Waals surface area (Å²) in [6.45, 7) is 5.62. The van der Waals surface area contributed by atoms with E-state index in [-0.39, 0.29) is 33.5 Å². The van der Waals surface area contributed by atoms with Gasteiger partial charge in [-0.3, -0.25) is 14.5 Å². The van der Waals surface area contributed by atoms with Gasteiger partial charge in [-0.2, -0.15) is 0 Å². The molecule has 2 amide bonds. The quantitative estimate of drug-likeness (QED) is 0.392. The molecule has 7 heteroatoms. The molecular formula is C21H19Cl2NO4. The number of hydrogen-bond donors (Lipinski definition) is 0. The number of hydrogen-bond acceptors (Lipinski definition) is 4. The number of halogens is 2. The maximum Gasteiger partial charge on any atom is 0.334 e. The smallest absolute Gasteiger partial charge is 0.334 e. The Balaban J connectivity index is 1.96. The summed E-state index contributed by atoms with van der Waals surface area (Å²) in [5, 5.41) is 0.345. The van der Waals surface area contributed by atoms with Crippen LogP contribution in [0.4, 0.5) is 0 Å².